The molecule has 8 nitrogen and oxygen atoms in total. The summed E-state index contributed by atoms with van der Waals surface area (Å²) >= 11 is 1.60. The van der Waals surface area contributed by atoms with Gasteiger partial charge in [0.25, 0.3) is 0 Å². The van der Waals surface area contributed by atoms with Gasteiger partial charge in [0.2, 0.25) is 11.8 Å². The van der Waals surface area contributed by atoms with Crippen LogP contribution in [0.5, 0.6) is 0 Å². The fourth-order valence-electron chi connectivity index (χ4n) is 4.58. The molecule has 3 heterocycles. The van der Waals surface area contributed by atoms with Gasteiger partial charge in [0, 0.05) is 17.1 Å². The van der Waals surface area contributed by atoms with Crippen molar-refractivity contribution < 1.29 is 19.1 Å². The second-order valence-corrected chi connectivity index (χ2v) is 9.70. The third-order valence-electron chi connectivity index (χ3n) is 6.48. The summed E-state index contributed by atoms with van der Waals surface area (Å²) in [4.78, 5) is 41.2. The molecule has 3 aromatic rings. The van der Waals surface area contributed by atoms with E-state index in [0.29, 0.717) is 30.9 Å². The van der Waals surface area contributed by atoms with Crippen molar-refractivity contribution in [3.05, 3.63) is 74.6 Å². The van der Waals surface area contributed by atoms with E-state index in [-0.39, 0.29) is 19.1 Å². The lowest BCUT2D eigenvalue weighted by molar-refractivity contribution is -0.125. The number of rotatable bonds is 8. The van der Waals surface area contributed by atoms with Crippen molar-refractivity contribution in [1.82, 2.24) is 9.47 Å². The Morgan fingerprint density at radius 3 is 2.54 bits per heavy atom. The van der Waals surface area contributed by atoms with E-state index in [4.69, 9.17) is 10.5 Å². The molecule has 0 saturated carbocycles. The zero-order valence-corrected chi connectivity index (χ0v) is 21.0. The number of thiophene rings is 1. The Labute approximate surface area is 208 Å². The van der Waals surface area contributed by atoms with Gasteiger partial charge in [0.15, 0.2) is 0 Å². The van der Waals surface area contributed by atoms with Gasteiger partial charge in [0.05, 0.1) is 25.7 Å². The molecule has 1 aliphatic heterocycles. The molecule has 0 spiro atoms. The summed E-state index contributed by atoms with van der Waals surface area (Å²) in [5.74, 6) is -0.862. The predicted molar refractivity (Wildman–Crippen MR) is 135 cm³/mol. The van der Waals surface area contributed by atoms with Crippen molar-refractivity contribution in [1.29, 1.82) is 0 Å². The van der Waals surface area contributed by atoms with Gasteiger partial charge in [0.1, 0.15) is 11.4 Å². The number of ether oxygens (including phenoxy) is 1. The molecule has 1 unspecified atom stereocenters. The second kappa shape index (κ2) is 10.5. The maximum absolute atomic E-state index is 13.3. The number of nitrogens with one attached hydrogen (secondary N) is 1. The first-order valence-electron chi connectivity index (χ1n) is 11.6. The van der Waals surface area contributed by atoms with Crippen molar-refractivity contribution in [2.45, 2.75) is 46.3 Å². The summed E-state index contributed by atoms with van der Waals surface area (Å²) in [5, 5.41) is 4.95. The number of amides is 2. The number of hydrogen-bond acceptors (Lipinski definition) is 6. The number of aromatic nitrogens is 1. The maximum Gasteiger partial charge on any atom is 0.342 e. The smallest absolute Gasteiger partial charge is 0.342 e. The van der Waals surface area contributed by atoms with Gasteiger partial charge in [-0.15, -0.1) is 11.3 Å². The predicted octanol–water partition coefficient (Wildman–Crippen LogP) is 3.24. The molecule has 0 aliphatic carbocycles. The number of benzene rings is 1. The third-order valence-corrected chi connectivity index (χ3v) is 7.34. The lowest BCUT2D eigenvalue weighted by atomic mass is 9.93. The Morgan fingerprint density at radius 2 is 1.89 bits per heavy atom. The lowest BCUT2D eigenvalue weighted by Gasteiger charge is -2.34. The molecule has 0 saturated heterocycles. The second-order valence-electron chi connectivity index (χ2n) is 8.66. The zero-order valence-electron chi connectivity index (χ0n) is 20.2. The van der Waals surface area contributed by atoms with Gasteiger partial charge in [-0.1, -0.05) is 30.3 Å². The summed E-state index contributed by atoms with van der Waals surface area (Å²) in [6.45, 7) is 6.68. The molecule has 0 fully saturated rings. The Bertz CT molecular complexity index is 1250. The molecule has 9 heteroatoms. The first kappa shape index (κ1) is 24.7. The standard InChI is InChI=1S/C26H30N4O4S/c1-4-34-26(33)23-16(2)17(3)30(14-20-10-7-11-35-20)25(23)28-22(31)15-29-13-19-9-6-5-8-18(19)12-21(29)24(27)32/h5-11,21H,4,12-15H2,1-3H3,(H2,27,32)(H,28,31). The molecule has 184 valence electrons. The van der Waals surface area contributed by atoms with Crippen molar-refractivity contribution in [3.8, 4) is 0 Å². The van der Waals surface area contributed by atoms with Crippen molar-refractivity contribution in [2.75, 3.05) is 18.5 Å². The highest BCUT2D eigenvalue weighted by molar-refractivity contribution is 7.09. The molecule has 1 aromatic carbocycles. The van der Waals surface area contributed by atoms with Crippen LogP contribution in [-0.4, -0.2) is 46.4 Å². The first-order valence-corrected chi connectivity index (χ1v) is 12.5. The number of esters is 1. The van der Waals surface area contributed by atoms with E-state index >= 15 is 0 Å². The van der Waals surface area contributed by atoms with E-state index in [1.807, 2.05) is 60.2 Å². The van der Waals surface area contributed by atoms with E-state index < -0.39 is 17.9 Å². The average molecular weight is 495 g/mol. The fraction of sp³-hybridized carbons (Fsp3) is 0.346. The minimum absolute atomic E-state index is 0.0352. The zero-order chi connectivity index (χ0) is 25.1. The molecule has 2 amide bonds. The quantitative estimate of drug-likeness (QED) is 0.468. The van der Waals surface area contributed by atoms with Crippen LogP contribution in [0.15, 0.2) is 41.8 Å². The Morgan fingerprint density at radius 1 is 1.14 bits per heavy atom. The summed E-state index contributed by atoms with van der Waals surface area (Å²) in [7, 11) is 0. The number of primary amides is 1. The average Bonchev–Trinajstić information content (AvgIpc) is 3.41. The monoisotopic (exact) mass is 494 g/mol. The van der Waals surface area contributed by atoms with Crippen LogP contribution in [-0.2, 0) is 33.8 Å². The Kier molecular flexibility index (Phi) is 7.37. The van der Waals surface area contributed by atoms with E-state index in [2.05, 4.69) is 5.32 Å². The van der Waals surface area contributed by atoms with Crippen LogP contribution in [0.2, 0.25) is 0 Å². The minimum atomic E-state index is -0.582. The molecule has 3 N–H and O–H groups in total. The van der Waals surface area contributed by atoms with Gasteiger partial charge in [-0.05, 0) is 55.3 Å². The molecular weight excluding hydrogens is 464 g/mol. The lowest BCUT2D eigenvalue weighted by Crippen LogP contribution is -2.51. The van der Waals surface area contributed by atoms with Gasteiger partial charge < -0.3 is 20.4 Å². The normalized spacial score (nSPS) is 15.5. The summed E-state index contributed by atoms with van der Waals surface area (Å²) < 4.78 is 7.23. The molecule has 2 aromatic heterocycles. The summed E-state index contributed by atoms with van der Waals surface area (Å²) in [5.41, 5.74) is 9.80. The van der Waals surface area contributed by atoms with Gasteiger partial charge in [-0.2, -0.15) is 0 Å². The van der Waals surface area contributed by atoms with Gasteiger partial charge >= 0.3 is 5.97 Å². The van der Waals surface area contributed by atoms with Crippen LogP contribution in [0.3, 0.4) is 0 Å². The Hall–Kier alpha value is -3.43. The van der Waals surface area contributed by atoms with Crippen LogP contribution < -0.4 is 11.1 Å². The number of carbonyl (C=O) groups is 3. The fourth-order valence-corrected chi connectivity index (χ4v) is 5.28. The van der Waals surface area contributed by atoms with Gasteiger partial charge in [-0.3, -0.25) is 14.5 Å². The van der Waals surface area contributed by atoms with Crippen LogP contribution in [0.25, 0.3) is 0 Å². The number of carbonyl (C=O) groups excluding carboxylic acids is 3. The summed E-state index contributed by atoms with van der Waals surface area (Å²) in [6, 6.07) is 11.2. The third kappa shape index (κ3) is 5.16. The molecule has 0 bridgehead atoms. The van der Waals surface area contributed by atoms with Crippen molar-refractivity contribution in [3.63, 3.8) is 0 Å². The first-order chi connectivity index (χ1) is 16.8. The topological polar surface area (TPSA) is 107 Å². The number of nitrogens with two attached hydrogens (primary N) is 1. The Balaban J connectivity index is 1.63. The number of fused-ring (bicyclic) bond motifs is 1. The molecule has 0 radical (unpaired) electrons. The molecule has 35 heavy (non-hydrogen) atoms. The maximum atomic E-state index is 13.3. The largest absolute Gasteiger partial charge is 0.462 e. The molecule has 1 atom stereocenters. The number of hydrogen-bond donors (Lipinski definition) is 2. The SMILES string of the molecule is CCOC(=O)c1c(C)c(C)n(Cc2cccs2)c1NC(=O)CN1Cc2ccccc2CC1C(N)=O. The highest BCUT2D eigenvalue weighted by Gasteiger charge is 2.32. The van der Waals surface area contributed by atoms with Crippen LogP contribution in [0, 0.1) is 13.8 Å². The van der Waals surface area contributed by atoms with E-state index in [1.54, 1.807) is 23.2 Å². The van der Waals surface area contributed by atoms with Gasteiger partial charge in [-0.25, -0.2) is 4.79 Å². The van der Waals surface area contributed by atoms with E-state index in [0.717, 1.165) is 27.3 Å². The number of nitrogens with zero attached hydrogens (tertiary/aromatic N) is 2. The number of anilines is 1. The van der Waals surface area contributed by atoms with Crippen molar-refractivity contribution >= 4 is 34.9 Å². The highest BCUT2D eigenvalue weighted by atomic mass is 32.1. The van der Waals surface area contributed by atoms with Crippen molar-refractivity contribution in [2.24, 2.45) is 5.73 Å². The molecule has 1 aliphatic rings. The highest BCUT2D eigenvalue weighted by Crippen LogP contribution is 2.30. The van der Waals surface area contributed by atoms with E-state index in [1.165, 1.54) is 0 Å². The van der Waals surface area contributed by atoms with Crippen LogP contribution in [0.4, 0.5) is 5.82 Å². The molecule has 4 rings (SSSR count). The molecular formula is C26H30N4O4S. The minimum Gasteiger partial charge on any atom is -0.462 e. The summed E-state index contributed by atoms with van der Waals surface area (Å²) in [6.07, 6.45) is 0.458. The van der Waals surface area contributed by atoms with Crippen LogP contribution in [0.1, 0.15) is 44.5 Å². The van der Waals surface area contributed by atoms with Crippen LogP contribution >= 0.6 is 11.3 Å². The van der Waals surface area contributed by atoms with E-state index in [9.17, 15) is 14.4 Å².